The Morgan fingerprint density at radius 1 is 1.38 bits per heavy atom. The van der Waals surface area contributed by atoms with Crippen molar-refractivity contribution < 1.29 is 9.90 Å². The van der Waals surface area contributed by atoms with Crippen LogP contribution in [0.5, 0.6) is 0 Å². The Labute approximate surface area is 106 Å². The molecule has 0 saturated heterocycles. The van der Waals surface area contributed by atoms with Gasteiger partial charge in [0.05, 0.1) is 14.8 Å². The summed E-state index contributed by atoms with van der Waals surface area (Å²) in [5.74, 6) is -1.00. The first kappa shape index (κ1) is 11.5. The van der Waals surface area contributed by atoms with Crippen LogP contribution in [0.3, 0.4) is 0 Å². The highest BCUT2D eigenvalue weighted by Crippen LogP contribution is 2.33. The van der Waals surface area contributed by atoms with Gasteiger partial charge in [0.25, 0.3) is 0 Å². The smallest absolute Gasteiger partial charge is 0.337 e. The van der Waals surface area contributed by atoms with Gasteiger partial charge in [-0.15, -0.1) is 11.3 Å². The van der Waals surface area contributed by atoms with E-state index in [1.807, 2.05) is 17.5 Å². The van der Waals surface area contributed by atoms with Gasteiger partial charge in [0.15, 0.2) is 0 Å². The second-order valence-electron chi connectivity index (χ2n) is 2.98. The molecule has 82 valence electrons. The van der Waals surface area contributed by atoms with E-state index in [1.54, 1.807) is 35.2 Å². The van der Waals surface area contributed by atoms with Gasteiger partial charge < -0.3 is 5.11 Å². The molecule has 1 N–H and O–H groups in total. The second kappa shape index (κ2) is 4.91. The van der Waals surface area contributed by atoms with Crippen molar-refractivity contribution in [1.29, 1.82) is 0 Å². The summed E-state index contributed by atoms with van der Waals surface area (Å²) in [7, 11) is 0. The fourth-order valence-corrected chi connectivity index (χ4v) is 3.28. The number of hydrogen-bond donors (Lipinski definition) is 1. The van der Waals surface area contributed by atoms with Crippen LogP contribution < -0.4 is 0 Å². The van der Waals surface area contributed by atoms with Crippen LogP contribution in [0.1, 0.15) is 10.4 Å². The zero-order valence-electron chi connectivity index (χ0n) is 8.01. The molecule has 2 nitrogen and oxygen atoms in total. The highest BCUT2D eigenvalue weighted by molar-refractivity contribution is 8.01. The lowest BCUT2D eigenvalue weighted by Crippen LogP contribution is -1.96. The lowest BCUT2D eigenvalue weighted by molar-refractivity contribution is 0.0697. The monoisotopic (exact) mass is 270 g/mol. The molecule has 0 spiro atoms. The molecule has 0 atom stereocenters. The van der Waals surface area contributed by atoms with Crippen molar-refractivity contribution in [3.8, 4) is 0 Å². The van der Waals surface area contributed by atoms with E-state index in [1.165, 1.54) is 6.07 Å². The molecule has 0 aliphatic rings. The average molecular weight is 271 g/mol. The first-order valence-electron chi connectivity index (χ1n) is 4.41. The van der Waals surface area contributed by atoms with Crippen molar-refractivity contribution in [3.63, 3.8) is 0 Å². The molecule has 1 aromatic heterocycles. The quantitative estimate of drug-likeness (QED) is 0.906. The van der Waals surface area contributed by atoms with E-state index in [9.17, 15) is 4.79 Å². The van der Waals surface area contributed by atoms with Gasteiger partial charge in [-0.3, -0.25) is 0 Å². The van der Waals surface area contributed by atoms with Crippen LogP contribution in [0.25, 0.3) is 0 Å². The summed E-state index contributed by atoms with van der Waals surface area (Å²) < 4.78 is 1.15. The normalized spacial score (nSPS) is 10.3. The molecule has 0 unspecified atom stereocenters. The minimum atomic E-state index is -1.00. The van der Waals surface area contributed by atoms with Crippen LogP contribution in [0, 0.1) is 0 Å². The van der Waals surface area contributed by atoms with Gasteiger partial charge in [0.1, 0.15) is 0 Å². The number of halogens is 1. The minimum absolute atomic E-state index is 0.136. The fourth-order valence-electron chi connectivity index (χ4n) is 1.17. The molecule has 0 amide bonds. The maximum atomic E-state index is 10.8. The van der Waals surface area contributed by atoms with Crippen LogP contribution in [0.15, 0.2) is 44.8 Å². The number of carbonyl (C=O) groups is 1. The molecule has 0 aliphatic carbocycles. The van der Waals surface area contributed by atoms with Gasteiger partial charge >= 0.3 is 5.97 Å². The third kappa shape index (κ3) is 2.58. The Balaban J connectivity index is 2.24. The van der Waals surface area contributed by atoms with E-state index in [2.05, 4.69) is 0 Å². The van der Waals surface area contributed by atoms with Crippen molar-refractivity contribution in [2.24, 2.45) is 0 Å². The Bertz CT molecular complexity index is 509. The number of thiophene rings is 1. The molecular formula is C11H7ClO2S2. The Hall–Kier alpha value is -0.970. The molecule has 0 aliphatic heterocycles. The first-order chi connectivity index (χ1) is 7.66. The van der Waals surface area contributed by atoms with Gasteiger partial charge in [-0.2, -0.15) is 0 Å². The van der Waals surface area contributed by atoms with E-state index in [4.69, 9.17) is 16.7 Å². The summed E-state index contributed by atoms with van der Waals surface area (Å²) in [5.41, 5.74) is 0.136. The highest BCUT2D eigenvalue weighted by Gasteiger charge is 2.09. The van der Waals surface area contributed by atoms with Gasteiger partial charge in [0, 0.05) is 4.90 Å². The van der Waals surface area contributed by atoms with Gasteiger partial charge in [-0.05, 0) is 29.6 Å². The molecule has 1 heterocycles. The predicted octanol–water partition coefficient (Wildman–Crippen LogP) is 4.25. The largest absolute Gasteiger partial charge is 0.478 e. The van der Waals surface area contributed by atoms with E-state index in [-0.39, 0.29) is 10.6 Å². The Morgan fingerprint density at radius 3 is 2.75 bits per heavy atom. The summed E-state index contributed by atoms with van der Waals surface area (Å²) in [6, 6.07) is 8.95. The van der Waals surface area contributed by atoms with E-state index >= 15 is 0 Å². The topological polar surface area (TPSA) is 37.3 Å². The van der Waals surface area contributed by atoms with Crippen LogP contribution in [0.4, 0.5) is 0 Å². The molecule has 2 rings (SSSR count). The summed E-state index contributed by atoms with van der Waals surface area (Å²) in [5, 5.41) is 11.1. The Morgan fingerprint density at radius 2 is 2.19 bits per heavy atom. The zero-order chi connectivity index (χ0) is 11.5. The number of rotatable bonds is 3. The number of carboxylic acids is 1. The SMILES string of the molecule is O=C(O)c1ccc(Sc2cccs2)cc1Cl. The average Bonchev–Trinajstić information content (AvgIpc) is 2.70. The van der Waals surface area contributed by atoms with Crippen molar-refractivity contribution >= 4 is 40.7 Å². The maximum absolute atomic E-state index is 10.8. The number of benzene rings is 1. The van der Waals surface area contributed by atoms with Gasteiger partial charge in [0.2, 0.25) is 0 Å². The molecule has 0 saturated carbocycles. The molecule has 16 heavy (non-hydrogen) atoms. The van der Waals surface area contributed by atoms with E-state index in [0.717, 1.165) is 9.10 Å². The second-order valence-corrected chi connectivity index (χ2v) is 5.71. The molecule has 2 aromatic rings. The highest BCUT2D eigenvalue weighted by atomic mass is 35.5. The summed E-state index contributed by atoms with van der Waals surface area (Å²) in [4.78, 5) is 11.7. The summed E-state index contributed by atoms with van der Waals surface area (Å²) in [6.45, 7) is 0. The number of hydrogen-bond acceptors (Lipinski definition) is 3. The van der Waals surface area contributed by atoms with Gasteiger partial charge in [-0.25, -0.2) is 4.79 Å². The molecule has 1 aromatic carbocycles. The molecular weight excluding hydrogens is 264 g/mol. The minimum Gasteiger partial charge on any atom is -0.478 e. The van der Waals surface area contributed by atoms with Crippen LogP contribution in [-0.4, -0.2) is 11.1 Å². The first-order valence-corrected chi connectivity index (χ1v) is 6.48. The molecule has 5 heteroatoms. The Kier molecular flexibility index (Phi) is 3.53. The number of carboxylic acid groups (broad SMARTS) is 1. The molecule has 0 radical (unpaired) electrons. The van der Waals surface area contributed by atoms with Crippen molar-refractivity contribution in [1.82, 2.24) is 0 Å². The van der Waals surface area contributed by atoms with Crippen LogP contribution >= 0.6 is 34.7 Å². The number of aromatic carboxylic acids is 1. The van der Waals surface area contributed by atoms with E-state index < -0.39 is 5.97 Å². The fraction of sp³-hybridized carbons (Fsp3) is 0. The molecule has 0 bridgehead atoms. The summed E-state index contributed by atoms with van der Waals surface area (Å²) in [6.07, 6.45) is 0. The third-order valence-electron chi connectivity index (χ3n) is 1.88. The lowest BCUT2D eigenvalue weighted by Gasteiger charge is -2.02. The predicted molar refractivity (Wildman–Crippen MR) is 66.9 cm³/mol. The third-order valence-corrected chi connectivity index (χ3v) is 4.22. The van der Waals surface area contributed by atoms with Crippen molar-refractivity contribution in [2.45, 2.75) is 9.10 Å². The van der Waals surface area contributed by atoms with Gasteiger partial charge in [-0.1, -0.05) is 29.4 Å². The standard InChI is InChI=1S/C11H7ClO2S2/c12-9-6-7(3-4-8(9)11(13)14)16-10-2-1-5-15-10/h1-6H,(H,13,14). The van der Waals surface area contributed by atoms with Crippen molar-refractivity contribution in [2.75, 3.05) is 0 Å². The summed E-state index contributed by atoms with van der Waals surface area (Å²) >= 11 is 9.08. The zero-order valence-corrected chi connectivity index (χ0v) is 10.4. The lowest BCUT2D eigenvalue weighted by atomic mass is 10.2. The van der Waals surface area contributed by atoms with Crippen molar-refractivity contribution in [3.05, 3.63) is 46.3 Å². The van der Waals surface area contributed by atoms with Crippen LogP contribution in [0.2, 0.25) is 5.02 Å². The van der Waals surface area contributed by atoms with E-state index in [0.29, 0.717) is 0 Å². The maximum Gasteiger partial charge on any atom is 0.337 e. The van der Waals surface area contributed by atoms with Crippen LogP contribution in [-0.2, 0) is 0 Å². The molecule has 0 fully saturated rings.